The fourth-order valence-electron chi connectivity index (χ4n) is 2.42. The number of methoxy groups -OCH3 is 1. The molecule has 0 saturated heterocycles. The minimum Gasteiger partial charge on any atom is -0.507 e. The SMILES string of the molecule is COc1ccc(C(CC(=O)c2ccc(F)cc2O)C[N+](=O)[O-])cc1. The Hall–Kier alpha value is -2.96. The number of ketones is 1. The smallest absolute Gasteiger partial charge is 0.211 e. The highest BCUT2D eigenvalue weighted by molar-refractivity contribution is 5.99. The van der Waals surface area contributed by atoms with E-state index in [9.17, 15) is 24.4 Å². The van der Waals surface area contributed by atoms with Gasteiger partial charge in [0.05, 0.1) is 18.6 Å². The third-order valence-electron chi connectivity index (χ3n) is 3.65. The Morgan fingerprint density at radius 2 is 1.96 bits per heavy atom. The number of nitro groups is 1. The van der Waals surface area contributed by atoms with E-state index in [2.05, 4.69) is 0 Å². The summed E-state index contributed by atoms with van der Waals surface area (Å²) in [6.45, 7) is -0.431. The lowest BCUT2D eigenvalue weighted by Crippen LogP contribution is -2.17. The van der Waals surface area contributed by atoms with Gasteiger partial charge in [0.25, 0.3) is 0 Å². The number of carbonyl (C=O) groups excluding carboxylic acids is 1. The Kier molecular flexibility index (Phi) is 5.47. The number of halogens is 1. The number of hydrogen-bond donors (Lipinski definition) is 1. The molecule has 126 valence electrons. The van der Waals surface area contributed by atoms with Crippen LogP contribution in [0.25, 0.3) is 0 Å². The Morgan fingerprint density at radius 3 is 2.50 bits per heavy atom. The van der Waals surface area contributed by atoms with Gasteiger partial charge in [0.1, 0.15) is 17.3 Å². The minimum absolute atomic E-state index is 0.0572. The first-order valence-electron chi connectivity index (χ1n) is 7.18. The number of phenolic OH excluding ortho intramolecular Hbond substituents is 1. The van der Waals surface area contributed by atoms with Crippen molar-refractivity contribution in [1.29, 1.82) is 0 Å². The maximum Gasteiger partial charge on any atom is 0.211 e. The molecule has 0 saturated carbocycles. The summed E-state index contributed by atoms with van der Waals surface area (Å²) < 4.78 is 18.0. The number of benzene rings is 2. The van der Waals surface area contributed by atoms with E-state index in [1.54, 1.807) is 24.3 Å². The third-order valence-corrected chi connectivity index (χ3v) is 3.65. The lowest BCUT2D eigenvalue weighted by molar-refractivity contribution is -0.483. The van der Waals surface area contributed by atoms with Crippen LogP contribution in [0.15, 0.2) is 42.5 Å². The molecular weight excluding hydrogens is 317 g/mol. The summed E-state index contributed by atoms with van der Waals surface area (Å²) in [5, 5.41) is 20.6. The van der Waals surface area contributed by atoms with Crippen molar-refractivity contribution in [3.8, 4) is 11.5 Å². The standard InChI is InChI=1S/C17H16FNO5/c1-24-14-5-2-11(3-6-14)12(10-19(22)23)8-16(20)15-7-4-13(18)9-17(15)21/h2-7,9,12,21H,8,10H2,1H3. The number of nitrogens with zero attached hydrogens (tertiary/aromatic N) is 1. The molecule has 6 nitrogen and oxygen atoms in total. The van der Waals surface area contributed by atoms with Gasteiger partial charge in [-0.1, -0.05) is 12.1 Å². The Labute approximate surface area is 137 Å². The van der Waals surface area contributed by atoms with Crippen LogP contribution in [-0.4, -0.2) is 29.5 Å². The van der Waals surface area contributed by atoms with E-state index >= 15 is 0 Å². The van der Waals surface area contributed by atoms with E-state index in [1.165, 1.54) is 13.2 Å². The number of Topliss-reactive ketones (excluding diaryl/α,β-unsaturated/α-hetero) is 1. The Balaban J connectivity index is 2.24. The molecule has 0 amide bonds. The van der Waals surface area contributed by atoms with Crippen LogP contribution in [0.5, 0.6) is 11.5 Å². The van der Waals surface area contributed by atoms with Gasteiger partial charge in [0.2, 0.25) is 6.54 Å². The van der Waals surface area contributed by atoms with Crippen molar-refractivity contribution in [1.82, 2.24) is 0 Å². The maximum absolute atomic E-state index is 13.0. The van der Waals surface area contributed by atoms with Crippen LogP contribution in [-0.2, 0) is 0 Å². The number of aromatic hydroxyl groups is 1. The molecule has 2 aromatic carbocycles. The first-order chi connectivity index (χ1) is 11.4. The van der Waals surface area contributed by atoms with Crippen LogP contribution >= 0.6 is 0 Å². The van der Waals surface area contributed by atoms with Gasteiger partial charge < -0.3 is 9.84 Å². The fourth-order valence-corrected chi connectivity index (χ4v) is 2.42. The highest BCUT2D eigenvalue weighted by Gasteiger charge is 2.23. The molecule has 0 bridgehead atoms. The van der Waals surface area contributed by atoms with Crippen molar-refractivity contribution >= 4 is 5.78 Å². The van der Waals surface area contributed by atoms with Gasteiger partial charge in [-0.25, -0.2) is 4.39 Å². The minimum atomic E-state index is -0.666. The number of rotatable bonds is 7. The molecule has 0 spiro atoms. The van der Waals surface area contributed by atoms with Crippen LogP contribution in [0.1, 0.15) is 28.3 Å². The van der Waals surface area contributed by atoms with E-state index in [0.717, 1.165) is 12.1 Å². The van der Waals surface area contributed by atoms with Gasteiger partial charge >= 0.3 is 0 Å². The van der Waals surface area contributed by atoms with Crippen molar-refractivity contribution in [2.75, 3.05) is 13.7 Å². The highest BCUT2D eigenvalue weighted by Crippen LogP contribution is 2.27. The number of ether oxygens (including phenoxy) is 1. The quantitative estimate of drug-likeness (QED) is 0.477. The molecule has 1 unspecified atom stereocenters. The Morgan fingerprint density at radius 1 is 1.29 bits per heavy atom. The molecule has 1 N–H and O–H groups in total. The molecule has 0 fully saturated rings. The lowest BCUT2D eigenvalue weighted by atomic mass is 9.91. The van der Waals surface area contributed by atoms with Gasteiger partial charge in [-0.05, 0) is 29.8 Å². The molecule has 0 heterocycles. The number of phenols is 1. The molecule has 0 radical (unpaired) electrons. The van der Waals surface area contributed by atoms with E-state index in [-0.39, 0.29) is 12.0 Å². The zero-order valence-electron chi connectivity index (χ0n) is 12.9. The summed E-state index contributed by atoms with van der Waals surface area (Å²) >= 11 is 0. The molecule has 24 heavy (non-hydrogen) atoms. The van der Waals surface area contributed by atoms with E-state index in [1.807, 2.05) is 0 Å². The monoisotopic (exact) mass is 333 g/mol. The molecule has 0 aliphatic carbocycles. The summed E-state index contributed by atoms with van der Waals surface area (Å²) in [6.07, 6.45) is -0.174. The van der Waals surface area contributed by atoms with Crippen molar-refractivity contribution in [3.63, 3.8) is 0 Å². The van der Waals surface area contributed by atoms with Gasteiger partial charge in [-0.3, -0.25) is 14.9 Å². The largest absolute Gasteiger partial charge is 0.507 e. The van der Waals surface area contributed by atoms with E-state index in [4.69, 9.17) is 4.74 Å². The molecule has 7 heteroatoms. The van der Waals surface area contributed by atoms with Crippen molar-refractivity contribution in [2.24, 2.45) is 0 Å². The average molecular weight is 333 g/mol. The molecule has 0 aliphatic heterocycles. The summed E-state index contributed by atoms with van der Waals surface area (Å²) in [6, 6.07) is 9.69. The lowest BCUT2D eigenvalue weighted by Gasteiger charge is -2.14. The van der Waals surface area contributed by atoms with Crippen molar-refractivity contribution in [2.45, 2.75) is 12.3 Å². The fraction of sp³-hybridized carbons (Fsp3) is 0.235. The molecule has 2 rings (SSSR count). The molecule has 1 atom stereocenters. The Bertz CT molecular complexity index is 745. The molecule has 0 aromatic heterocycles. The number of carbonyl (C=O) groups is 1. The van der Waals surface area contributed by atoms with Gasteiger partial charge in [0, 0.05) is 17.4 Å². The molecule has 2 aromatic rings. The van der Waals surface area contributed by atoms with Crippen LogP contribution in [0.4, 0.5) is 4.39 Å². The average Bonchev–Trinajstić information content (AvgIpc) is 2.53. The predicted octanol–water partition coefficient (Wildman–Crippen LogP) is 3.17. The maximum atomic E-state index is 13.0. The zero-order valence-corrected chi connectivity index (χ0v) is 12.9. The van der Waals surface area contributed by atoms with Crippen LogP contribution < -0.4 is 4.74 Å². The van der Waals surface area contributed by atoms with Gasteiger partial charge in [-0.2, -0.15) is 0 Å². The second-order valence-electron chi connectivity index (χ2n) is 5.27. The molecule has 0 aliphatic rings. The van der Waals surface area contributed by atoms with Gasteiger partial charge in [0.15, 0.2) is 5.78 Å². The summed E-state index contributed by atoms with van der Waals surface area (Å²) in [7, 11) is 1.50. The van der Waals surface area contributed by atoms with Crippen molar-refractivity contribution in [3.05, 3.63) is 69.5 Å². The van der Waals surface area contributed by atoms with Crippen LogP contribution in [0, 0.1) is 15.9 Å². The topological polar surface area (TPSA) is 89.7 Å². The van der Waals surface area contributed by atoms with Crippen molar-refractivity contribution < 1.29 is 24.0 Å². The normalized spacial score (nSPS) is 11.8. The van der Waals surface area contributed by atoms with E-state index < -0.39 is 34.7 Å². The summed E-state index contributed by atoms with van der Waals surface area (Å²) in [5.41, 5.74) is 0.556. The second kappa shape index (κ2) is 7.54. The van der Waals surface area contributed by atoms with Crippen LogP contribution in [0.2, 0.25) is 0 Å². The van der Waals surface area contributed by atoms with Gasteiger partial charge in [-0.15, -0.1) is 0 Å². The first-order valence-corrected chi connectivity index (χ1v) is 7.18. The molecular formula is C17H16FNO5. The second-order valence-corrected chi connectivity index (χ2v) is 5.27. The number of hydrogen-bond acceptors (Lipinski definition) is 5. The first kappa shape index (κ1) is 17.4. The zero-order chi connectivity index (χ0) is 17.7. The van der Waals surface area contributed by atoms with E-state index in [0.29, 0.717) is 11.3 Å². The summed E-state index contributed by atoms with van der Waals surface area (Å²) in [4.78, 5) is 22.7. The highest BCUT2D eigenvalue weighted by atomic mass is 19.1. The predicted molar refractivity (Wildman–Crippen MR) is 84.6 cm³/mol. The third kappa shape index (κ3) is 4.28. The van der Waals surface area contributed by atoms with Crippen LogP contribution in [0.3, 0.4) is 0 Å². The summed E-state index contributed by atoms with van der Waals surface area (Å²) in [5.74, 6) is -1.70.